The van der Waals surface area contributed by atoms with E-state index < -0.39 is 0 Å². The SMILES string of the molecule is Brc1ccc2c(-c3cccc4ccccc34)c3cc(Br)ccc3c(-c3cccc4ccccc34)c2c1.c1ccc(N(c2ccc3c(-c4cccc5ccccc45)c4cc(N(c5ccccn5)c5ccccn5)ccc4c(-c4cccc5ccccc45)c3c2)c2ccccn2)nc1.c1ccc(Nc2ccccn2)nc1. The highest BCUT2D eigenvalue weighted by Crippen LogP contribution is 2.52. The van der Waals surface area contributed by atoms with E-state index in [1.807, 2.05) is 134 Å². The van der Waals surface area contributed by atoms with Gasteiger partial charge in [0.25, 0.3) is 0 Å². The molecule has 0 saturated heterocycles. The molecular formula is C98H65Br2N9. The summed E-state index contributed by atoms with van der Waals surface area (Å²) in [7, 11) is 0. The first-order valence-corrected chi connectivity index (χ1v) is 37.7. The summed E-state index contributed by atoms with van der Waals surface area (Å²) in [6, 6.07) is 124. The molecule has 14 aromatic carbocycles. The van der Waals surface area contributed by atoms with Crippen molar-refractivity contribution in [2.45, 2.75) is 0 Å². The van der Waals surface area contributed by atoms with Gasteiger partial charge in [0.2, 0.25) is 0 Å². The van der Waals surface area contributed by atoms with E-state index in [-0.39, 0.29) is 0 Å². The third-order valence-electron chi connectivity index (χ3n) is 20.0. The Bertz CT molecular complexity index is 6230. The number of aromatic nitrogens is 6. The Balaban J connectivity index is 0.000000143. The molecule has 0 saturated carbocycles. The van der Waals surface area contributed by atoms with E-state index in [0.717, 1.165) is 99.0 Å². The zero-order chi connectivity index (χ0) is 73.0. The zero-order valence-electron chi connectivity index (χ0n) is 58.8. The van der Waals surface area contributed by atoms with Crippen LogP contribution in [0, 0.1) is 0 Å². The molecule has 0 aliphatic rings. The summed E-state index contributed by atoms with van der Waals surface area (Å²) in [6.45, 7) is 0. The molecule has 0 fully saturated rings. The van der Waals surface area contributed by atoms with Gasteiger partial charge < -0.3 is 5.32 Å². The van der Waals surface area contributed by atoms with Gasteiger partial charge in [-0.05, 0) is 252 Å². The molecule has 516 valence electrons. The first-order chi connectivity index (χ1) is 53.9. The van der Waals surface area contributed by atoms with Crippen LogP contribution in [0.15, 0.2) is 398 Å². The molecule has 0 aliphatic carbocycles. The summed E-state index contributed by atoms with van der Waals surface area (Å²) >= 11 is 7.56. The number of hydrogen-bond donors (Lipinski definition) is 1. The van der Waals surface area contributed by atoms with Gasteiger partial charge in [-0.15, -0.1) is 0 Å². The predicted octanol–water partition coefficient (Wildman–Crippen LogP) is 27.5. The number of pyridine rings is 6. The highest BCUT2D eigenvalue weighted by Gasteiger charge is 2.26. The number of anilines is 8. The van der Waals surface area contributed by atoms with Crippen LogP contribution in [-0.2, 0) is 0 Å². The van der Waals surface area contributed by atoms with Gasteiger partial charge in [0.05, 0.1) is 0 Å². The second-order valence-electron chi connectivity index (χ2n) is 26.4. The van der Waals surface area contributed by atoms with E-state index in [2.05, 4.69) is 300 Å². The lowest BCUT2D eigenvalue weighted by molar-refractivity contribution is 1.13. The van der Waals surface area contributed by atoms with Crippen LogP contribution < -0.4 is 15.1 Å². The maximum atomic E-state index is 4.83. The maximum Gasteiger partial charge on any atom is 0.138 e. The number of benzene rings is 14. The molecule has 0 bridgehead atoms. The van der Waals surface area contributed by atoms with Crippen molar-refractivity contribution >= 4 is 164 Å². The molecule has 0 atom stereocenters. The molecule has 9 nitrogen and oxygen atoms in total. The largest absolute Gasteiger partial charge is 0.325 e. The molecule has 20 aromatic rings. The van der Waals surface area contributed by atoms with E-state index >= 15 is 0 Å². The lowest BCUT2D eigenvalue weighted by Gasteiger charge is -2.26. The highest BCUT2D eigenvalue weighted by molar-refractivity contribution is 9.10. The minimum absolute atomic E-state index is 0.783. The molecule has 0 spiro atoms. The fourth-order valence-electron chi connectivity index (χ4n) is 15.3. The van der Waals surface area contributed by atoms with Gasteiger partial charge in [0.1, 0.15) is 34.9 Å². The molecule has 0 unspecified atom stereocenters. The zero-order valence-corrected chi connectivity index (χ0v) is 62.0. The molecule has 109 heavy (non-hydrogen) atoms. The summed E-state index contributed by atoms with van der Waals surface area (Å²) in [5.41, 5.74) is 11.6. The fraction of sp³-hybridized carbons (Fsp3) is 0. The predicted molar refractivity (Wildman–Crippen MR) is 462 cm³/mol. The minimum atomic E-state index is 0.783. The van der Waals surface area contributed by atoms with Gasteiger partial charge in [-0.3, -0.25) is 9.80 Å². The van der Waals surface area contributed by atoms with Crippen molar-refractivity contribution in [1.29, 1.82) is 0 Å². The number of nitrogens with zero attached hydrogens (tertiary/aromatic N) is 8. The average Bonchev–Trinajstić information content (AvgIpc) is 0.717. The van der Waals surface area contributed by atoms with Crippen LogP contribution >= 0.6 is 31.9 Å². The average molecular weight is 1530 g/mol. The smallest absolute Gasteiger partial charge is 0.138 e. The summed E-state index contributed by atoms with van der Waals surface area (Å²) < 4.78 is 2.16. The van der Waals surface area contributed by atoms with E-state index in [1.54, 1.807) is 12.4 Å². The third-order valence-corrected chi connectivity index (χ3v) is 21.0. The molecule has 0 radical (unpaired) electrons. The van der Waals surface area contributed by atoms with Gasteiger partial charge in [0.15, 0.2) is 0 Å². The van der Waals surface area contributed by atoms with Crippen molar-refractivity contribution < 1.29 is 0 Å². The normalized spacial score (nSPS) is 11.2. The fourth-order valence-corrected chi connectivity index (χ4v) is 16.0. The first kappa shape index (κ1) is 67.3. The molecule has 0 amide bonds. The number of nitrogens with one attached hydrogen (secondary N) is 1. The topological polar surface area (TPSA) is 95.9 Å². The Morgan fingerprint density at radius 1 is 0.202 bits per heavy atom. The summed E-state index contributed by atoms with van der Waals surface area (Å²) in [6.07, 6.45) is 10.8. The van der Waals surface area contributed by atoms with Gasteiger partial charge in [-0.2, -0.15) is 0 Å². The van der Waals surface area contributed by atoms with Crippen molar-refractivity contribution in [1.82, 2.24) is 29.9 Å². The standard InChI is InChI=1S/C54H36N6.C34H20Br2.C10H9N3/c1-3-19-41-37(15-1)17-13-21-43(41)53-45-29-27-40(60(51-25-7-11-33-57-51)52-26-8-12-34-58-52)36-48(45)54(44-22-14-18-38-16-2-4-20-42(38)44)46-30-28-39(35-47(46)53)59(49-23-5-9-31-55-49)50-24-6-10-32-56-50;35-23-16-18-30-31(19-23)33(27-13-5-9-21-7-1-3-11-25(21)27)29-17-15-24(36)20-32(29)34(30)28-14-6-10-22-8-2-4-12-26(22)28;1-3-7-11-9(5-1)13-10-6-2-4-8-12-10/h1-36H;1-20H;1-8H,(H,11,12,13). The van der Waals surface area contributed by atoms with Crippen LogP contribution in [0.3, 0.4) is 0 Å². The molecule has 0 aliphatic heterocycles. The molecular weight excluding hydrogens is 1460 g/mol. The van der Waals surface area contributed by atoms with Gasteiger partial charge in [-0.25, -0.2) is 29.9 Å². The Morgan fingerprint density at radius 3 is 0.743 bits per heavy atom. The van der Waals surface area contributed by atoms with Crippen LogP contribution in [0.2, 0.25) is 0 Å². The van der Waals surface area contributed by atoms with E-state index in [1.165, 1.54) is 86.9 Å². The van der Waals surface area contributed by atoms with E-state index in [0.29, 0.717) is 0 Å². The lowest BCUT2D eigenvalue weighted by atomic mass is 9.83. The van der Waals surface area contributed by atoms with Crippen molar-refractivity contribution in [2.24, 2.45) is 0 Å². The third kappa shape index (κ3) is 13.3. The second kappa shape index (κ2) is 30.1. The van der Waals surface area contributed by atoms with Crippen LogP contribution in [0.25, 0.3) is 131 Å². The Morgan fingerprint density at radius 2 is 0.459 bits per heavy atom. The number of rotatable bonds is 12. The first-order valence-electron chi connectivity index (χ1n) is 36.1. The van der Waals surface area contributed by atoms with Crippen molar-refractivity contribution in [3.8, 4) is 44.5 Å². The van der Waals surface area contributed by atoms with Crippen LogP contribution in [0.1, 0.15) is 0 Å². The van der Waals surface area contributed by atoms with Crippen molar-refractivity contribution in [3.63, 3.8) is 0 Å². The molecule has 6 aromatic heterocycles. The molecule has 6 heterocycles. The monoisotopic (exact) mass is 1530 g/mol. The van der Waals surface area contributed by atoms with E-state index in [9.17, 15) is 0 Å². The molecule has 11 heteroatoms. The van der Waals surface area contributed by atoms with Crippen molar-refractivity contribution in [3.05, 3.63) is 398 Å². The lowest BCUT2D eigenvalue weighted by Crippen LogP contribution is -2.13. The van der Waals surface area contributed by atoms with Gasteiger partial charge in [0, 0.05) is 57.5 Å². The van der Waals surface area contributed by atoms with Gasteiger partial charge in [-0.1, -0.05) is 262 Å². The number of hydrogen-bond acceptors (Lipinski definition) is 9. The highest BCUT2D eigenvalue weighted by atomic mass is 79.9. The van der Waals surface area contributed by atoms with Gasteiger partial charge >= 0.3 is 0 Å². The Kier molecular flexibility index (Phi) is 18.6. The van der Waals surface area contributed by atoms with E-state index in [4.69, 9.17) is 19.9 Å². The summed E-state index contributed by atoms with van der Waals surface area (Å²) in [5, 5.41) is 22.4. The maximum absolute atomic E-state index is 4.83. The second-order valence-corrected chi connectivity index (χ2v) is 28.3. The Hall–Kier alpha value is -13.6. The van der Waals surface area contributed by atoms with Crippen LogP contribution in [0.4, 0.5) is 46.3 Å². The van der Waals surface area contributed by atoms with Crippen molar-refractivity contribution in [2.75, 3.05) is 15.1 Å². The number of fused-ring (bicyclic) bond motifs is 8. The quantitative estimate of drug-likeness (QED) is 0.120. The summed E-state index contributed by atoms with van der Waals surface area (Å²) in [5.74, 6) is 4.75. The summed E-state index contributed by atoms with van der Waals surface area (Å²) in [4.78, 5) is 31.8. The minimum Gasteiger partial charge on any atom is -0.325 e. The number of halogens is 2. The molecule has 20 rings (SSSR count). The van der Waals surface area contributed by atoms with Crippen LogP contribution in [-0.4, -0.2) is 29.9 Å². The van der Waals surface area contributed by atoms with Crippen LogP contribution in [0.5, 0.6) is 0 Å². The Labute approximate surface area is 647 Å². The molecule has 1 N–H and O–H groups in total.